The summed E-state index contributed by atoms with van der Waals surface area (Å²) in [5, 5.41) is 46.5. The number of carbonyl (C=O) groups excluding carboxylic acids is 2. The summed E-state index contributed by atoms with van der Waals surface area (Å²) in [5.74, 6) is -1.08. The zero-order valence-electron chi connectivity index (χ0n) is 31.2. The Kier molecular flexibility index (Phi) is 16.6. The number of aromatic nitrogens is 2. The van der Waals surface area contributed by atoms with Crippen molar-refractivity contribution in [2.75, 3.05) is 33.7 Å². The summed E-state index contributed by atoms with van der Waals surface area (Å²) in [4.78, 5) is 56.6. The third kappa shape index (κ3) is 10.8. The molecule has 1 aromatic rings. The minimum Gasteiger partial charge on any atom is -0.387 e. The van der Waals surface area contributed by atoms with Crippen molar-refractivity contribution in [1.82, 2.24) is 24.7 Å². The van der Waals surface area contributed by atoms with Crippen LogP contribution in [-0.2, 0) is 23.8 Å². The van der Waals surface area contributed by atoms with Gasteiger partial charge in [-0.2, -0.15) is 0 Å². The highest BCUT2D eigenvalue weighted by Gasteiger charge is 2.55. The van der Waals surface area contributed by atoms with E-state index in [0.717, 1.165) is 42.5 Å². The molecule has 2 saturated heterocycles. The highest BCUT2D eigenvalue weighted by atomic mass is 16.7. The largest absolute Gasteiger partial charge is 0.387 e. The molecular weight excluding hydrogens is 692 g/mol. The Bertz CT molecular complexity index is 1470. The predicted octanol–water partition coefficient (Wildman–Crippen LogP) is -0.580. The fourth-order valence-corrected chi connectivity index (χ4v) is 7.20. The van der Waals surface area contributed by atoms with E-state index in [1.165, 1.54) is 63.3 Å². The first-order chi connectivity index (χ1) is 25.4. The van der Waals surface area contributed by atoms with Gasteiger partial charge in [-0.05, 0) is 19.5 Å². The first kappa shape index (κ1) is 42.7. The Labute approximate surface area is 310 Å². The third-order valence-electron chi connectivity index (χ3n) is 10.4. The summed E-state index contributed by atoms with van der Waals surface area (Å²) in [5.41, 5.74) is 4.19. The fourth-order valence-electron chi connectivity index (χ4n) is 7.20. The number of aliphatic hydroxyl groups is 4. The highest BCUT2D eigenvalue weighted by Crippen LogP contribution is 2.36. The number of nitrogens with one attached hydrogen (secondary N) is 2. The molecule has 0 spiro atoms. The number of hydrogen-bond donors (Lipinski definition) is 7. The van der Waals surface area contributed by atoms with E-state index in [4.69, 9.17) is 19.9 Å². The number of aliphatic hydroxyl groups excluding tert-OH is 4. The number of nitrogens with zero attached hydrogens (tertiary/aromatic N) is 3. The van der Waals surface area contributed by atoms with E-state index in [-0.39, 0.29) is 18.8 Å². The lowest BCUT2D eigenvalue weighted by molar-refractivity contribution is -0.232. The van der Waals surface area contributed by atoms with Crippen molar-refractivity contribution in [1.29, 1.82) is 0 Å². The molecule has 4 heterocycles. The molecule has 3 aliphatic rings. The number of aromatic amines is 1. The lowest BCUT2D eigenvalue weighted by Gasteiger charge is -2.38. The van der Waals surface area contributed by atoms with Crippen molar-refractivity contribution in [2.24, 2.45) is 5.73 Å². The molecule has 17 nitrogen and oxygen atoms in total. The summed E-state index contributed by atoms with van der Waals surface area (Å²) in [6.45, 7) is 2.57. The first-order valence-corrected chi connectivity index (χ1v) is 19.1. The van der Waals surface area contributed by atoms with Gasteiger partial charge in [-0.1, -0.05) is 77.6 Å². The maximum atomic E-state index is 14.2. The van der Waals surface area contributed by atoms with Crippen molar-refractivity contribution in [3.8, 4) is 0 Å². The Balaban J connectivity index is 1.41. The molecule has 10 atom stereocenters. The molecule has 17 heteroatoms. The molecular formula is C36H60N6O11. The van der Waals surface area contributed by atoms with Gasteiger partial charge in [0.25, 0.3) is 11.5 Å². The van der Waals surface area contributed by atoms with E-state index in [9.17, 15) is 39.6 Å². The number of likely N-dealkylation sites (N-methyl/N-ethyl adjacent to an activating group) is 2. The van der Waals surface area contributed by atoms with Gasteiger partial charge in [-0.15, -0.1) is 0 Å². The second-order valence-corrected chi connectivity index (χ2v) is 14.4. The molecule has 53 heavy (non-hydrogen) atoms. The van der Waals surface area contributed by atoms with Crippen molar-refractivity contribution < 1.29 is 44.2 Å². The van der Waals surface area contributed by atoms with Crippen LogP contribution in [-0.4, -0.2) is 140 Å². The Morgan fingerprint density at radius 1 is 0.925 bits per heavy atom. The average Bonchev–Trinajstić information content (AvgIpc) is 3.54. The van der Waals surface area contributed by atoms with Crippen molar-refractivity contribution in [2.45, 2.75) is 145 Å². The summed E-state index contributed by atoms with van der Waals surface area (Å²) >= 11 is 0. The molecule has 0 aliphatic carbocycles. The van der Waals surface area contributed by atoms with Crippen molar-refractivity contribution >= 4 is 11.8 Å². The Morgan fingerprint density at radius 2 is 1.55 bits per heavy atom. The van der Waals surface area contributed by atoms with Gasteiger partial charge in [0.2, 0.25) is 5.91 Å². The zero-order valence-corrected chi connectivity index (χ0v) is 31.2. The fraction of sp³-hybridized carbons (Fsp3) is 0.778. The Morgan fingerprint density at radius 3 is 2.13 bits per heavy atom. The number of amides is 2. The van der Waals surface area contributed by atoms with Gasteiger partial charge in [0, 0.05) is 38.9 Å². The van der Waals surface area contributed by atoms with Crippen LogP contribution in [0.4, 0.5) is 0 Å². The molecule has 2 amide bonds. The SMILES string of the molecule is CCCCCCCCCCCCCCNC(=O)C1=CCN(C)[C@@H]([C@H](OC2OC(CN)C(O)C2O)C2OC(n3ccc(=O)[nH]c3=O)C(O)C2O)C(=O)N1C. The van der Waals surface area contributed by atoms with E-state index in [1.54, 1.807) is 18.0 Å². The molecule has 300 valence electrons. The number of carbonyl (C=O) groups is 2. The van der Waals surface area contributed by atoms with Gasteiger partial charge in [-0.25, -0.2) is 4.79 Å². The van der Waals surface area contributed by atoms with Gasteiger partial charge >= 0.3 is 5.69 Å². The van der Waals surface area contributed by atoms with Gasteiger partial charge in [-0.3, -0.25) is 28.8 Å². The van der Waals surface area contributed by atoms with Crippen molar-refractivity contribution in [3.05, 3.63) is 44.9 Å². The summed E-state index contributed by atoms with van der Waals surface area (Å²) in [7, 11) is 3.01. The van der Waals surface area contributed by atoms with E-state index < -0.39 is 84.4 Å². The molecule has 8 N–H and O–H groups in total. The van der Waals surface area contributed by atoms with Crippen LogP contribution in [0.2, 0.25) is 0 Å². The molecule has 0 bridgehead atoms. The maximum absolute atomic E-state index is 14.2. The molecule has 4 rings (SSSR count). The second-order valence-electron chi connectivity index (χ2n) is 14.4. The molecule has 3 aliphatic heterocycles. The summed E-state index contributed by atoms with van der Waals surface area (Å²) < 4.78 is 18.7. The lowest BCUT2D eigenvalue weighted by Crippen LogP contribution is -2.59. The van der Waals surface area contributed by atoms with Gasteiger partial charge < -0.3 is 50.6 Å². The Hall–Kier alpha value is -3.00. The van der Waals surface area contributed by atoms with Crippen LogP contribution in [0.15, 0.2) is 33.6 Å². The third-order valence-corrected chi connectivity index (χ3v) is 10.4. The van der Waals surface area contributed by atoms with Crippen LogP contribution in [0.1, 0.15) is 90.2 Å². The summed E-state index contributed by atoms with van der Waals surface area (Å²) in [6.07, 6.45) is 3.41. The van der Waals surface area contributed by atoms with Crippen LogP contribution in [0.5, 0.6) is 0 Å². The normalized spacial score (nSPS) is 30.0. The van der Waals surface area contributed by atoms with E-state index >= 15 is 0 Å². The standard InChI is InChI=1S/C36H60N6O11/c1-4-5-6-7-8-9-10-11-12-13-14-15-18-38-32(48)22-16-19-40(2)25(33(49)41(22)3)30(53-35-29(47)26(44)23(21-37)51-35)31-27(45)28(46)34(52-31)42-20-17-24(43)39-36(42)50/h16-17,20,23,25-31,34-35,44-47H,4-15,18-19,21,37H2,1-3H3,(H,38,48)(H,39,43,50)/t23?,25-,26?,27?,28?,29?,30-,31?,34?,35?/m0/s1. The molecule has 0 saturated carbocycles. The number of ether oxygens (including phenoxy) is 3. The summed E-state index contributed by atoms with van der Waals surface area (Å²) in [6, 6.07) is -0.267. The number of hydrogen-bond acceptors (Lipinski definition) is 13. The van der Waals surface area contributed by atoms with Gasteiger partial charge in [0.05, 0.1) is 0 Å². The number of nitrogens with two attached hydrogens (primary N) is 1. The molecule has 2 fully saturated rings. The van der Waals surface area contributed by atoms with Crippen LogP contribution in [0.3, 0.4) is 0 Å². The van der Waals surface area contributed by atoms with Crippen LogP contribution >= 0.6 is 0 Å². The minimum absolute atomic E-state index is 0.0677. The quantitative estimate of drug-likeness (QED) is 0.0826. The molecule has 0 radical (unpaired) electrons. The highest BCUT2D eigenvalue weighted by molar-refractivity contribution is 5.99. The van der Waals surface area contributed by atoms with Crippen molar-refractivity contribution in [3.63, 3.8) is 0 Å². The van der Waals surface area contributed by atoms with Crippen LogP contribution in [0.25, 0.3) is 0 Å². The minimum atomic E-state index is -1.75. The van der Waals surface area contributed by atoms with E-state index in [0.29, 0.717) is 6.54 Å². The monoisotopic (exact) mass is 752 g/mol. The number of H-pyrrole nitrogens is 1. The lowest BCUT2D eigenvalue weighted by atomic mass is 9.97. The second kappa shape index (κ2) is 20.6. The smallest absolute Gasteiger partial charge is 0.330 e. The van der Waals surface area contributed by atoms with Gasteiger partial charge in [0.1, 0.15) is 54.5 Å². The molecule has 1 aromatic heterocycles. The van der Waals surface area contributed by atoms with Gasteiger partial charge in [0.15, 0.2) is 12.5 Å². The van der Waals surface area contributed by atoms with Crippen LogP contribution in [0, 0.1) is 0 Å². The maximum Gasteiger partial charge on any atom is 0.330 e. The van der Waals surface area contributed by atoms with E-state index in [1.807, 2.05) is 0 Å². The molecule has 0 aromatic carbocycles. The van der Waals surface area contributed by atoms with Crippen LogP contribution < -0.4 is 22.3 Å². The zero-order chi connectivity index (χ0) is 38.7. The molecule has 8 unspecified atom stereocenters. The number of rotatable bonds is 20. The van der Waals surface area contributed by atoms with E-state index in [2.05, 4.69) is 17.2 Å². The average molecular weight is 753 g/mol. The predicted molar refractivity (Wildman–Crippen MR) is 193 cm³/mol. The first-order valence-electron chi connectivity index (χ1n) is 19.1. The topological polar surface area (TPSA) is 242 Å². The number of unbranched alkanes of at least 4 members (excludes halogenated alkanes) is 11.